The van der Waals surface area contributed by atoms with Gasteiger partial charge in [0.2, 0.25) is 5.91 Å². The predicted molar refractivity (Wildman–Crippen MR) is 113 cm³/mol. The largest absolute Gasteiger partial charge is 0.324 e. The van der Waals surface area contributed by atoms with Gasteiger partial charge in [0.05, 0.1) is 17.6 Å². The maximum atomic E-state index is 13.1. The van der Waals surface area contributed by atoms with Crippen molar-refractivity contribution in [1.29, 1.82) is 0 Å². The van der Waals surface area contributed by atoms with Crippen LogP contribution in [0.2, 0.25) is 10.0 Å². The minimum atomic E-state index is -0.422. The van der Waals surface area contributed by atoms with Crippen molar-refractivity contribution in [1.82, 2.24) is 19.6 Å². The number of anilines is 1. The number of carbonyl (C=O) groups is 1. The Kier molecular flexibility index (Phi) is 5.08. The minimum Gasteiger partial charge on any atom is -0.324 e. The highest BCUT2D eigenvalue weighted by Gasteiger charge is 2.17. The highest BCUT2D eigenvalue weighted by molar-refractivity contribution is 6.31. The third-order valence-corrected chi connectivity index (χ3v) is 4.83. The first-order chi connectivity index (χ1) is 13.9. The van der Waals surface area contributed by atoms with Crippen LogP contribution in [0.5, 0.6) is 0 Å². The summed E-state index contributed by atoms with van der Waals surface area (Å²) >= 11 is 11.9. The Morgan fingerprint density at radius 1 is 1.10 bits per heavy atom. The molecule has 0 saturated carbocycles. The van der Waals surface area contributed by atoms with E-state index in [1.54, 1.807) is 61.7 Å². The first-order valence-corrected chi connectivity index (χ1v) is 9.45. The quantitative estimate of drug-likeness (QED) is 0.536. The van der Waals surface area contributed by atoms with Crippen LogP contribution in [0.15, 0.2) is 59.5 Å². The monoisotopic (exact) mass is 427 g/mol. The number of aromatic nitrogens is 4. The van der Waals surface area contributed by atoms with Crippen LogP contribution in [0.4, 0.5) is 5.69 Å². The van der Waals surface area contributed by atoms with E-state index in [1.165, 1.54) is 4.68 Å². The summed E-state index contributed by atoms with van der Waals surface area (Å²) < 4.78 is 2.64. The van der Waals surface area contributed by atoms with Gasteiger partial charge in [0.15, 0.2) is 0 Å². The zero-order valence-corrected chi connectivity index (χ0v) is 16.8. The molecule has 1 N–H and O–H groups in total. The van der Waals surface area contributed by atoms with E-state index in [2.05, 4.69) is 15.5 Å². The molecule has 4 aromatic rings. The number of hydrogen-bond acceptors (Lipinski definition) is 4. The maximum absolute atomic E-state index is 13.1. The molecule has 2 aromatic carbocycles. The highest BCUT2D eigenvalue weighted by atomic mass is 35.5. The number of aryl methyl sites for hydroxylation is 1. The fourth-order valence-electron chi connectivity index (χ4n) is 3.00. The predicted octanol–water partition coefficient (Wildman–Crippen LogP) is 3.84. The summed E-state index contributed by atoms with van der Waals surface area (Å²) in [6, 6.07) is 13.7. The lowest BCUT2D eigenvalue weighted by Crippen LogP contribution is -2.31. The Balaban J connectivity index is 1.71. The molecule has 0 saturated heterocycles. The maximum Gasteiger partial charge on any atom is 0.293 e. The molecule has 4 rings (SSSR count). The van der Waals surface area contributed by atoms with Crippen molar-refractivity contribution in [3.63, 3.8) is 0 Å². The molecule has 2 heterocycles. The third kappa shape index (κ3) is 3.87. The van der Waals surface area contributed by atoms with Crippen LogP contribution in [0.25, 0.3) is 16.6 Å². The smallest absolute Gasteiger partial charge is 0.293 e. The number of halogens is 2. The van der Waals surface area contributed by atoms with Gasteiger partial charge in [-0.3, -0.25) is 9.59 Å². The molecule has 0 aliphatic heterocycles. The zero-order chi connectivity index (χ0) is 20.5. The summed E-state index contributed by atoms with van der Waals surface area (Å²) in [5.74, 6) is -0.380. The first-order valence-electron chi connectivity index (χ1n) is 8.69. The minimum absolute atomic E-state index is 0.237. The van der Waals surface area contributed by atoms with E-state index in [0.29, 0.717) is 38.0 Å². The van der Waals surface area contributed by atoms with Crippen molar-refractivity contribution >= 4 is 45.7 Å². The van der Waals surface area contributed by atoms with E-state index >= 15 is 0 Å². The van der Waals surface area contributed by atoms with Gasteiger partial charge in [0.25, 0.3) is 5.56 Å². The number of benzene rings is 2. The van der Waals surface area contributed by atoms with Crippen LogP contribution in [-0.4, -0.2) is 25.5 Å². The van der Waals surface area contributed by atoms with Crippen LogP contribution >= 0.6 is 23.2 Å². The Labute approximate surface area is 175 Å². The van der Waals surface area contributed by atoms with Gasteiger partial charge in [0.1, 0.15) is 12.1 Å². The summed E-state index contributed by atoms with van der Waals surface area (Å²) in [4.78, 5) is 25.5. The second kappa shape index (κ2) is 7.69. The molecule has 146 valence electrons. The Hall–Kier alpha value is -3.16. The van der Waals surface area contributed by atoms with Crippen LogP contribution in [0, 0.1) is 6.92 Å². The van der Waals surface area contributed by atoms with E-state index in [0.717, 1.165) is 4.68 Å². The number of nitrogens with zero attached hydrogens (tertiary/aromatic N) is 4. The van der Waals surface area contributed by atoms with E-state index in [-0.39, 0.29) is 12.5 Å². The summed E-state index contributed by atoms with van der Waals surface area (Å²) in [5.41, 5.74) is 1.72. The van der Waals surface area contributed by atoms with Gasteiger partial charge in [-0.15, -0.1) is 0 Å². The molecule has 0 radical (unpaired) electrons. The molecule has 0 unspecified atom stereocenters. The fourth-order valence-corrected chi connectivity index (χ4v) is 3.31. The van der Waals surface area contributed by atoms with E-state index < -0.39 is 5.56 Å². The van der Waals surface area contributed by atoms with Crippen molar-refractivity contribution in [2.75, 3.05) is 5.32 Å². The molecule has 0 aliphatic carbocycles. The van der Waals surface area contributed by atoms with Gasteiger partial charge in [-0.05, 0) is 49.4 Å². The van der Waals surface area contributed by atoms with Gasteiger partial charge < -0.3 is 5.32 Å². The molecule has 9 heteroatoms. The van der Waals surface area contributed by atoms with Crippen LogP contribution in [0.1, 0.15) is 5.69 Å². The van der Waals surface area contributed by atoms with Gasteiger partial charge in [0, 0.05) is 21.1 Å². The summed E-state index contributed by atoms with van der Waals surface area (Å²) in [6.45, 7) is 1.53. The van der Waals surface area contributed by atoms with Gasteiger partial charge in [-0.25, -0.2) is 9.36 Å². The molecular weight excluding hydrogens is 413 g/mol. The molecule has 0 fully saturated rings. The number of fused-ring (bicyclic) bond motifs is 1. The Morgan fingerprint density at radius 2 is 1.86 bits per heavy atom. The van der Waals surface area contributed by atoms with Crippen LogP contribution in [-0.2, 0) is 11.3 Å². The first kappa shape index (κ1) is 19.2. The summed E-state index contributed by atoms with van der Waals surface area (Å²) in [6.07, 6.45) is 1.58. The highest BCUT2D eigenvalue weighted by Crippen LogP contribution is 2.20. The fraction of sp³-hybridized carbons (Fsp3) is 0.100. The SMILES string of the molecule is Cc1nn(CC(=O)Nc2ccc(Cl)cc2)c(=O)c2c1cnn2-c1cccc(Cl)c1. The van der Waals surface area contributed by atoms with E-state index in [4.69, 9.17) is 23.2 Å². The van der Waals surface area contributed by atoms with Crippen molar-refractivity contribution in [2.45, 2.75) is 13.5 Å². The Morgan fingerprint density at radius 3 is 2.59 bits per heavy atom. The van der Waals surface area contributed by atoms with Gasteiger partial charge in [-0.2, -0.15) is 10.2 Å². The number of nitrogens with one attached hydrogen (secondary N) is 1. The van der Waals surface area contributed by atoms with Gasteiger partial charge in [-0.1, -0.05) is 29.3 Å². The van der Waals surface area contributed by atoms with Crippen molar-refractivity contribution < 1.29 is 4.79 Å². The second-order valence-electron chi connectivity index (χ2n) is 6.40. The molecule has 7 nitrogen and oxygen atoms in total. The summed E-state index contributed by atoms with van der Waals surface area (Å²) in [7, 11) is 0. The molecule has 0 spiro atoms. The van der Waals surface area contributed by atoms with Crippen molar-refractivity contribution in [3.05, 3.63) is 80.8 Å². The normalized spacial score (nSPS) is 11.0. The second-order valence-corrected chi connectivity index (χ2v) is 7.27. The van der Waals surface area contributed by atoms with Crippen molar-refractivity contribution in [3.8, 4) is 5.69 Å². The number of carbonyl (C=O) groups excluding carboxylic acids is 1. The molecular formula is C20H15Cl2N5O2. The van der Waals surface area contributed by atoms with Crippen molar-refractivity contribution in [2.24, 2.45) is 0 Å². The molecule has 0 bridgehead atoms. The lowest BCUT2D eigenvalue weighted by atomic mass is 10.2. The lowest BCUT2D eigenvalue weighted by molar-refractivity contribution is -0.117. The van der Waals surface area contributed by atoms with E-state index in [1.807, 2.05) is 0 Å². The molecule has 1 amide bonds. The third-order valence-electron chi connectivity index (χ3n) is 4.34. The van der Waals surface area contributed by atoms with Crippen LogP contribution in [0.3, 0.4) is 0 Å². The topological polar surface area (TPSA) is 81.8 Å². The Bertz CT molecular complexity index is 1280. The molecule has 2 aromatic heterocycles. The van der Waals surface area contributed by atoms with Gasteiger partial charge >= 0.3 is 0 Å². The number of hydrogen-bond donors (Lipinski definition) is 1. The standard InChI is InChI=1S/C20H15Cl2N5O2/c1-12-17-10-23-27(16-4-2-3-14(22)9-16)19(17)20(29)26(25-12)11-18(28)24-15-7-5-13(21)6-8-15/h2-10H,11H2,1H3,(H,24,28). The number of rotatable bonds is 4. The average molecular weight is 428 g/mol. The van der Waals surface area contributed by atoms with Crippen LogP contribution < -0.4 is 10.9 Å². The zero-order valence-electron chi connectivity index (χ0n) is 15.3. The average Bonchev–Trinajstić information content (AvgIpc) is 3.14. The summed E-state index contributed by atoms with van der Waals surface area (Å²) in [5, 5.41) is 13.0. The van der Waals surface area contributed by atoms with E-state index in [9.17, 15) is 9.59 Å². The molecule has 29 heavy (non-hydrogen) atoms. The molecule has 0 aliphatic rings. The lowest BCUT2D eigenvalue weighted by Gasteiger charge is -2.09. The molecule has 0 atom stereocenters. The number of amides is 1.